The lowest BCUT2D eigenvalue weighted by Gasteiger charge is -2.33. The van der Waals surface area contributed by atoms with Crippen molar-refractivity contribution in [1.29, 1.82) is 0 Å². The fraction of sp³-hybridized carbons (Fsp3) is 0.538. The molecule has 0 radical (unpaired) electrons. The molecule has 0 bridgehead atoms. The molecule has 1 aromatic carbocycles. The Labute approximate surface area is 91.4 Å². The first-order valence-electron chi connectivity index (χ1n) is 5.68. The van der Waals surface area contributed by atoms with Crippen LogP contribution in [0.2, 0.25) is 0 Å². The number of hydrogen-bond donors (Lipinski definition) is 1. The lowest BCUT2D eigenvalue weighted by atomic mass is 9.86. The number of fused-ring (bicyclic) bond motifs is 1. The van der Waals surface area contributed by atoms with Gasteiger partial charge in [-0.15, -0.1) is 0 Å². The van der Waals surface area contributed by atoms with Crippen LogP contribution in [0.25, 0.3) is 0 Å². The highest BCUT2D eigenvalue weighted by Crippen LogP contribution is 2.37. The first-order valence-corrected chi connectivity index (χ1v) is 5.68. The van der Waals surface area contributed by atoms with Crippen molar-refractivity contribution in [3.63, 3.8) is 0 Å². The molecular formula is C13H19NO. The number of hydrogen-bond acceptors (Lipinski definition) is 2. The van der Waals surface area contributed by atoms with Gasteiger partial charge in [0.15, 0.2) is 0 Å². The van der Waals surface area contributed by atoms with Crippen LogP contribution in [0.5, 0.6) is 5.75 Å². The lowest BCUT2D eigenvalue weighted by molar-refractivity contribution is 0.115. The van der Waals surface area contributed by atoms with Gasteiger partial charge in [-0.1, -0.05) is 32.0 Å². The van der Waals surface area contributed by atoms with E-state index in [4.69, 9.17) is 10.5 Å². The molecule has 82 valence electrons. The summed E-state index contributed by atoms with van der Waals surface area (Å²) in [6.45, 7) is 5.11. The van der Waals surface area contributed by atoms with Crippen LogP contribution < -0.4 is 10.5 Å². The van der Waals surface area contributed by atoms with E-state index in [-0.39, 0.29) is 0 Å². The topological polar surface area (TPSA) is 35.2 Å². The average Bonchev–Trinajstić information content (AvgIpc) is 2.27. The summed E-state index contributed by atoms with van der Waals surface area (Å²) in [4.78, 5) is 0. The zero-order valence-electron chi connectivity index (χ0n) is 9.44. The first kappa shape index (κ1) is 10.5. The standard InChI is InChI=1S/C13H19NO/c1-9(2)13-7-10(8-14)11-5-3-4-6-12(11)15-13/h3-6,9-10,13H,7-8,14H2,1-2H3. The van der Waals surface area contributed by atoms with E-state index >= 15 is 0 Å². The summed E-state index contributed by atoms with van der Waals surface area (Å²) < 4.78 is 5.97. The minimum Gasteiger partial charge on any atom is -0.490 e. The molecule has 1 aliphatic heterocycles. The summed E-state index contributed by atoms with van der Waals surface area (Å²) in [7, 11) is 0. The van der Waals surface area contributed by atoms with Gasteiger partial charge in [0.25, 0.3) is 0 Å². The van der Waals surface area contributed by atoms with Crippen LogP contribution in [-0.2, 0) is 0 Å². The highest BCUT2D eigenvalue weighted by molar-refractivity contribution is 5.38. The van der Waals surface area contributed by atoms with Crippen molar-refractivity contribution in [2.75, 3.05) is 6.54 Å². The number of benzene rings is 1. The molecule has 2 nitrogen and oxygen atoms in total. The van der Waals surface area contributed by atoms with E-state index in [0.29, 0.717) is 24.5 Å². The molecule has 2 unspecified atom stereocenters. The third-order valence-corrected chi connectivity index (χ3v) is 3.18. The molecule has 0 aliphatic carbocycles. The third kappa shape index (κ3) is 2.00. The second-order valence-corrected chi connectivity index (χ2v) is 4.61. The van der Waals surface area contributed by atoms with Crippen molar-refractivity contribution in [2.45, 2.75) is 32.3 Å². The molecule has 1 aliphatic rings. The van der Waals surface area contributed by atoms with Gasteiger partial charge in [0.2, 0.25) is 0 Å². The Morgan fingerprint density at radius 2 is 2.13 bits per heavy atom. The minimum absolute atomic E-state index is 0.313. The number of para-hydroxylation sites is 1. The Kier molecular flexibility index (Phi) is 2.96. The number of nitrogens with two attached hydrogens (primary N) is 1. The van der Waals surface area contributed by atoms with E-state index in [1.165, 1.54) is 5.56 Å². The van der Waals surface area contributed by atoms with Crippen LogP contribution in [0, 0.1) is 5.92 Å². The SMILES string of the molecule is CC(C)C1CC(CN)c2ccccc2O1. The van der Waals surface area contributed by atoms with Gasteiger partial charge < -0.3 is 10.5 Å². The van der Waals surface area contributed by atoms with Gasteiger partial charge in [-0.2, -0.15) is 0 Å². The molecule has 2 rings (SSSR count). The largest absolute Gasteiger partial charge is 0.490 e. The van der Waals surface area contributed by atoms with Crippen molar-refractivity contribution < 1.29 is 4.74 Å². The zero-order chi connectivity index (χ0) is 10.8. The van der Waals surface area contributed by atoms with Gasteiger partial charge in [-0.3, -0.25) is 0 Å². The highest BCUT2D eigenvalue weighted by atomic mass is 16.5. The summed E-state index contributed by atoms with van der Waals surface area (Å²) in [5.41, 5.74) is 7.10. The van der Waals surface area contributed by atoms with E-state index < -0.39 is 0 Å². The molecule has 0 fully saturated rings. The summed E-state index contributed by atoms with van der Waals surface area (Å²) in [5.74, 6) is 2.03. The van der Waals surface area contributed by atoms with Crippen molar-refractivity contribution in [3.8, 4) is 5.75 Å². The second-order valence-electron chi connectivity index (χ2n) is 4.61. The third-order valence-electron chi connectivity index (χ3n) is 3.18. The van der Waals surface area contributed by atoms with E-state index in [1.54, 1.807) is 0 Å². The van der Waals surface area contributed by atoms with Crippen LogP contribution in [0.3, 0.4) is 0 Å². The lowest BCUT2D eigenvalue weighted by Crippen LogP contribution is -2.32. The summed E-state index contributed by atoms with van der Waals surface area (Å²) in [6.07, 6.45) is 1.36. The Morgan fingerprint density at radius 1 is 1.40 bits per heavy atom. The Bertz CT molecular complexity index is 335. The molecule has 0 amide bonds. The monoisotopic (exact) mass is 205 g/mol. The van der Waals surface area contributed by atoms with E-state index in [2.05, 4.69) is 26.0 Å². The van der Waals surface area contributed by atoms with Crippen molar-refractivity contribution in [2.24, 2.45) is 11.7 Å². The van der Waals surface area contributed by atoms with Gasteiger partial charge in [-0.25, -0.2) is 0 Å². The maximum atomic E-state index is 5.97. The summed E-state index contributed by atoms with van der Waals surface area (Å²) in [5, 5.41) is 0. The smallest absolute Gasteiger partial charge is 0.123 e. The molecule has 2 atom stereocenters. The van der Waals surface area contributed by atoms with Crippen LogP contribution in [0.4, 0.5) is 0 Å². The number of rotatable bonds is 2. The Balaban J connectivity index is 2.30. The fourth-order valence-electron chi connectivity index (χ4n) is 2.18. The van der Waals surface area contributed by atoms with Crippen molar-refractivity contribution >= 4 is 0 Å². The van der Waals surface area contributed by atoms with Gasteiger partial charge in [0, 0.05) is 5.92 Å². The maximum absolute atomic E-state index is 5.97. The van der Waals surface area contributed by atoms with Crippen molar-refractivity contribution in [1.82, 2.24) is 0 Å². The summed E-state index contributed by atoms with van der Waals surface area (Å²) in [6, 6.07) is 8.26. The van der Waals surface area contributed by atoms with Gasteiger partial charge in [0.05, 0.1) is 0 Å². The average molecular weight is 205 g/mol. The quantitative estimate of drug-likeness (QED) is 0.805. The highest BCUT2D eigenvalue weighted by Gasteiger charge is 2.28. The molecule has 0 spiro atoms. The zero-order valence-corrected chi connectivity index (χ0v) is 9.44. The first-order chi connectivity index (χ1) is 7.22. The maximum Gasteiger partial charge on any atom is 0.123 e. The fourth-order valence-corrected chi connectivity index (χ4v) is 2.18. The summed E-state index contributed by atoms with van der Waals surface area (Å²) >= 11 is 0. The van der Waals surface area contributed by atoms with Gasteiger partial charge in [-0.05, 0) is 30.5 Å². The molecule has 0 saturated carbocycles. The van der Waals surface area contributed by atoms with E-state index in [1.807, 2.05) is 12.1 Å². The van der Waals surface area contributed by atoms with Crippen LogP contribution in [-0.4, -0.2) is 12.6 Å². The molecule has 15 heavy (non-hydrogen) atoms. The second kappa shape index (κ2) is 4.23. The van der Waals surface area contributed by atoms with Crippen molar-refractivity contribution in [3.05, 3.63) is 29.8 Å². The Hall–Kier alpha value is -1.02. The van der Waals surface area contributed by atoms with E-state index in [0.717, 1.165) is 12.2 Å². The van der Waals surface area contributed by atoms with Gasteiger partial charge >= 0.3 is 0 Å². The molecule has 1 aromatic rings. The molecule has 0 aromatic heterocycles. The van der Waals surface area contributed by atoms with Crippen LogP contribution in [0.15, 0.2) is 24.3 Å². The Morgan fingerprint density at radius 3 is 2.80 bits per heavy atom. The van der Waals surface area contributed by atoms with Crippen LogP contribution in [0.1, 0.15) is 31.7 Å². The van der Waals surface area contributed by atoms with Gasteiger partial charge in [0.1, 0.15) is 11.9 Å². The molecule has 0 saturated heterocycles. The minimum atomic E-state index is 0.313. The molecular weight excluding hydrogens is 186 g/mol. The van der Waals surface area contributed by atoms with E-state index in [9.17, 15) is 0 Å². The van der Waals surface area contributed by atoms with Crippen LogP contribution >= 0.6 is 0 Å². The number of ether oxygens (including phenoxy) is 1. The predicted molar refractivity (Wildman–Crippen MR) is 62.1 cm³/mol. The normalized spacial score (nSPS) is 24.8. The molecule has 2 heteroatoms. The predicted octanol–water partition coefficient (Wildman–Crippen LogP) is 2.54. The molecule has 2 N–H and O–H groups in total. The molecule has 1 heterocycles.